The number of imidazole rings is 1. The van der Waals surface area contributed by atoms with Gasteiger partial charge in [0.25, 0.3) is 10.0 Å². The number of morpholine rings is 1. The van der Waals surface area contributed by atoms with Crippen LogP contribution in [0.3, 0.4) is 0 Å². The summed E-state index contributed by atoms with van der Waals surface area (Å²) in [5.41, 5.74) is 2.88. The minimum Gasteiger partial charge on any atom is -0.379 e. The molecule has 0 bridgehead atoms. The van der Waals surface area contributed by atoms with Crippen molar-refractivity contribution in [3.05, 3.63) is 24.4 Å². The van der Waals surface area contributed by atoms with E-state index in [1.165, 1.54) is 8.71 Å². The van der Waals surface area contributed by atoms with E-state index in [2.05, 4.69) is 10.4 Å². The number of nitrogens with two attached hydrogens (primary N) is 1. The minimum absolute atomic E-state index is 0.0532. The summed E-state index contributed by atoms with van der Waals surface area (Å²) in [4.78, 5) is 4.18. The van der Waals surface area contributed by atoms with Crippen molar-refractivity contribution in [2.24, 2.45) is 5.84 Å². The minimum atomic E-state index is -3.68. The molecule has 0 spiro atoms. The van der Waals surface area contributed by atoms with Gasteiger partial charge in [-0.25, -0.2) is 19.2 Å². The zero-order valence-corrected chi connectivity index (χ0v) is 11.5. The van der Waals surface area contributed by atoms with E-state index in [1.54, 1.807) is 24.4 Å². The van der Waals surface area contributed by atoms with Crippen LogP contribution in [-0.2, 0) is 14.8 Å². The lowest BCUT2D eigenvalue weighted by Gasteiger charge is -2.25. The molecule has 0 aliphatic carbocycles. The Bertz CT molecular complexity index is 721. The number of rotatable bonds is 3. The molecule has 3 heterocycles. The van der Waals surface area contributed by atoms with Crippen LogP contribution < -0.4 is 11.3 Å². The van der Waals surface area contributed by atoms with Gasteiger partial charge in [-0.2, -0.15) is 4.31 Å². The Morgan fingerprint density at radius 2 is 2.05 bits per heavy atom. The molecule has 9 heteroatoms. The fourth-order valence-electron chi connectivity index (χ4n) is 2.22. The Hall–Kier alpha value is -1.68. The molecule has 8 nitrogen and oxygen atoms in total. The fraction of sp³-hybridized carbons (Fsp3) is 0.364. The van der Waals surface area contributed by atoms with Gasteiger partial charge in [-0.15, -0.1) is 0 Å². The molecular weight excluding hydrogens is 282 g/mol. The highest BCUT2D eigenvalue weighted by Crippen LogP contribution is 2.25. The summed E-state index contributed by atoms with van der Waals surface area (Å²) in [5.74, 6) is 5.55. The first-order valence-corrected chi connectivity index (χ1v) is 7.60. The van der Waals surface area contributed by atoms with Gasteiger partial charge in [0, 0.05) is 19.3 Å². The first kappa shape index (κ1) is 13.3. The van der Waals surface area contributed by atoms with E-state index in [4.69, 9.17) is 10.6 Å². The van der Waals surface area contributed by atoms with Crippen LogP contribution in [0.1, 0.15) is 0 Å². The summed E-state index contributed by atoms with van der Waals surface area (Å²) < 4.78 is 33.6. The molecule has 1 saturated heterocycles. The number of nitrogens with zero attached hydrogens (tertiary/aromatic N) is 3. The maximum atomic E-state index is 12.8. The largest absolute Gasteiger partial charge is 0.379 e. The van der Waals surface area contributed by atoms with Crippen molar-refractivity contribution in [2.75, 3.05) is 31.7 Å². The van der Waals surface area contributed by atoms with Crippen LogP contribution in [-0.4, -0.2) is 48.4 Å². The van der Waals surface area contributed by atoms with Crippen molar-refractivity contribution in [3.8, 4) is 0 Å². The number of aromatic nitrogens is 2. The van der Waals surface area contributed by atoms with Gasteiger partial charge in [0.15, 0.2) is 5.82 Å². The van der Waals surface area contributed by atoms with Gasteiger partial charge in [0.1, 0.15) is 5.65 Å². The van der Waals surface area contributed by atoms with Crippen molar-refractivity contribution in [2.45, 2.75) is 5.03 Å². The van der Waals surface area contributed by atoms with Gasteiger partial charge in [0.05, 0.1) is 13.2 Å². The molecule has 2 aromatic heterocycles. The zero-order valence-electron chi connectivity index (χ0n) is 10.7. The first-order valence-electron chi connectivity index (χ1n) is 6.16. The summed E-state index contributed by atoms with van der Waals surface area (Å²) in [6.07, 6.45) is 1.65. The molecule has 0 radical (unpaired) electrons. The summed E-state index contributed by atoms with van der Waals surface area (Å²) in [5, 5.41) is 0.0532. The Labute approximate surface area is 116 Å². The first-order chi connectivity index (χ1) is 9.64. The highest BCUT2D eigenvalue weighted by molar-refractivity contribution is 7.89. The van der Waals surface area contributed by atoms with Crippen LogP contribution in [0.4, 0.5) is 5.82 Å². The van der Waals surface area contributed by atoms with Crippen LogP contribution in [0, 0.1) is 0 Å². The molecule has 3 N–H and O–H groups in total. The predicted octanol–water partition coefficient (Wildman–Crippen LogP) is -0.359. The number of anilines is 1. The molecule has 0 atom stereocenters. The van der Waals surface area contributed by atoms with Crippen molar-refractivity contribution in [1.82, 2.24) is 13.7 Å². The van der Waals surface area contributed by atoms with E-state index in [9.17, 15) is 8.42 Å². The average molecular weight is 297 g/mol. The van der Waals surface area contributed by atoms with Gasteiger partial charge in [-0.05, 0) is 12.1 Å². The highest BCUT2D eigenvalue weighted by Gasteiger charge is 2.32. The second-order valence-corrected chi connectivity index (χ2v) is 6.21. The van der Waals surface area contributed by atoms with E-state index in [1.807, 2.05) is 0 Å². The number of hydrogen-bond acceptors (Lipinski definition) is 6. The normalized spacial score (nSPS) is 17.4. The van der Waals surface area contributed by atoms with E-state index in [-0.39, 0.29) is 10.8 Å². The fourth-order valence-corrected chi connectivity index (χ4v) is 3.85. The maximum absolute atomic E-state index is 12.8. The van der Waals surface area contributed by atoms with Gasteiger partial charge in [0.2, 0.25) is 5.03 Å². The zero-order chi connectivity index (χ0) is 14.2. The molecule has 1 fully saturated rings. The lowest BCUT2D eigenvalue weighted by Crippen LogP contribution is -2.41. The lowest BCUT2D eigenvalue weighted by molar-refractivity contribution is 0.0729. The van der Waals surface area contributed by atoms with Crippen LogP contribution >= 0.6 is 0 Å². The maximum Gasteiger partial charge on any atom is 0.263 e. The van der Waals surface area contributed by atoms with Gasteiger partial charge in [-0.3, -0.25) is 4.40 Å². The molecule has 0 unspecified atom stereocenters. The van der Waals surface area contributed by atoms with E-state index < -0.39 is 10.0 Å². The molecule has 20 heavy (non-hydrogen) atoms. The van der Waals surface area contributed by atoms with E-state index in [0.717, 1.165) is 0 Å². The Kier molecular flexibility index (Phi) is 3.34. The van der Waals surface area contributed by atoms with Gasteiger partial charge < -0.3 is 10.2 Å². The Morgan fingerprint density at radius 3 is 2.75 bits per heavy atom. The van der Waals surface area contributed by atoms with Crippen molar-refractivity contribution >= 4 is 21.5 Å². The van der Waals surface area contributed by atoms with Crippen LogP contribution in [0.5, 0.6) is 0 Å². The molecule has 108 valence electrons. The molecule has 0 amide bonds. The second-order valence-electron chi connectivity index (χ2n) is 4.36. The van der Waals surface area contributed by atoms with E-state index >= 15 is 0 Å². The molecule has 2 aromatic rings. The summed E-state index contributed by atoms with van der Waals surface area (Å²) >= 11 is 0. The van der Waals surface area contributed by atoms with Crippen molar-refractivity contribution in [1.29, 1.82) is 0 Å². The molecule has 0 saturated carbocycles. The molecule has 1 aliphatic heterocycles. The smallest absolute Gasteiger partial charge is 0.263 e. The lowest BCUT2D eigenvalue weighted by atomic mass is 10.5. The van der Waals surface area contributed by atoms with Crippen molar-refractivity contribution in [3.63, 3.8) is 0 Å². The number of hydrogen-bond donors (Lipinski definition) is 2. The van der Waals surface area contributed by atoms with Crippen LogP contribution in [0.25, 0.3) is 5.65 Å². The molecule has 0 aromatic carbocycles. The Morgan fingerprint density at radius 1 is 1.30 bits per heavy atom. The quantitative estimate of drug-likeness (QED) is 0.592. The third kappa shape index (κ3) is 2.04. The number of pyridine rings is 1. The number of ether oxygens (including phenoxy) is 1. The third-order valence-corrected chi connectivity index (χ3v) is 5.10. The topological polar surface area (TPSA) is 102 Å². The Balaban J connectivity index is 2.17. The monoisotopic (exact) mass is 297 g/mol. The molecular formula is C11H15N5O3S. The van der Waals surface area contributed by atoms with Crippen LogP contribution in [0.2, 0.25) is 0 Å². The third-order valence-electron chi connectivity index (χ3n) is 3.18. The number of fused-ring (bicyclic) bond motifs is 1. The standard InChI is InChI=1S/C11H15N5O3S/c12-14-10-11(16-4-2-1-3-9(16)13-10)20(17,18)15-5-7-19-8-6-15/h1-4,14H,5-8,12H2. The van der Waals surface area contributed by atoms with Gasteiger partial charge >= 0.3 is 0 Å². The molecule has 3 rings (SSSR count). The van der Waals surface area contributed by atoms with Crippen molar-refractivity contribution < 1.29 is 13.2 Å². The number of nitrogens with one attached hydrogen (secondary N) is 1. The molecule has 1 aliphatic rings. The summed E-state index contributed by atoms with van der Waals surface area (Å²) in [7, 11) is -3.68. The second kappa shape index (κ2) is 5.02. The van der Waals surface area contributed by atoms with Gasteiger partial charge in [-0.1, -0.05) is 6.07 Å². The number of nitrogen functional groups attached to an aromatic ring is 1. The highest BCUT2D eigenvalue weighted by atomic mass is 32.2. The number of hydrazine groups is 1. The average Bonchev–Trinajstić information content (AvgIpc) is 2.87. The SMILES string of the molecule is NNc1nc2ccccn2c1S(=O)(=O)N1CCOCC1. The van der Waals surface area contributed by atoms with E-state index in [0.29, 0.717) is 32.0 Å². The summed E-state index contributed by atoms with van der Waals surface area (Å²) in [6.45, 7) is 1.43. The van der Waals surface area contributed by atoms with Crippen LogP contribution in [0.15, 0.2) is 29.4 Å². The number of sulfonamides is 1. The summed E-state index contributed by atoms with van der Waals surface area (Å²) in [6, 6.07) is 5.25. The predicted molar refractivity (Wildman–Crippen MR) is 72.6 cm³/mol.